The van der Waals surface area contributed by atoms with Gasteiger partial charge in [0.05, 0.1) is 23.3 Å². The first kappa shape index (κ1) is 33.4. The number of methoxy groups -OCH3 is 1. The lowest BCUT2D eigenvalue weighted by molar-refractivity contribution is -0.140. The quantitative estimate of drug-likeness (QED) is 0.287. The number of halogens is 3. The molecule has 1 N–H and O–H groups in total. The molecular formula is C31H36F3N3O5S. The molecule has 0 spiro atoms. The second kappa shape index (κ2) is 13.9. The van der Waals surface area contributed by atoms with E-state index in [0.29, 0.717) is 21.7 Å². The molecule has 0 aliphatic carbocycles. The molecule has 0 fully saturated rings. The number of alkyl halides is 3. The smallest absolute Gasteiger partial charge is 0.416 e. The van der Waals surface area contributed by atoms with Crippen molar-refractivity contribution in [2.45, 2.75) is 63.8 Å². The highest BCUT2D eigenvalue weighted by molar-refractivity contribution is 7.92. The molecule has 2 amide bonds. The van der Waals surface area contributed by atoms with Crippen LogP contribution >= 0.6 is 0 Å². The van der Waals surface area contributed by atoms with Gasteiger partial charge in [-0.1, -0.05) is 42.8 Å². The maximum absolute atomic E-state index is 14.1. The zero-order chi connectivity index (χ0) is 31.9. The lowest BCUT2D eigenvalue weighted by Crippen LogP contribution is -2.53. The highest BCUT2D eigenvalue weighted by Gasteiger charge is 2.36. The van der Waals surface area contributed by atoms with Crippen molar-refractivity contribution in [1.29, 1.82) is 0 Å². The molecular weight excluding hydrogens is 583 g/mol. The van der Waals surface area contributed by atoms with Crippen LogP contribution in [0.15, 0.2) is 77.7 Å². The predicted octanol–water partition coefficient (Wildman–Crippen LogP) is 5.55. The van der Waals surface area contributed by atoms with E-state index in [1.165, 1.54) is 30.2 Å². The van der Waals surface area contributed by atoms with Crippen LogP contribution in [0.1, 0.15) is 43.9 Å². The summed E-state index contributed by atoms with van der Waals surface area (Å²) in [5.74, 6) is -0.632. The molecule has 232 valence electrons. The van der Waals surface area contributed by atoms with E-state index in [2.05, 4.69) is 5.32 Å². The number of rotatable bonds is 12. The van der Waals surface area contributed by atoms with E-state index in [1.54, 1.807) is 64.1 Å². The molecule has 0 saturated heterocycles. The van der Waals surface area contributed by atoms with Crippen molar-refractivity contribution < 1.29 is 35.9 Å². The first-order chi connectivity index (χ1) is 20.2. The van der Waals surface area contributed by atoms with Gasteiger partial charge >= 0.3 is 6.18 Å². The van der Waals surface area contributed by atoms with Gasteiger partial charge in [-0.05, 0) is 75.2 Å². The van der Waals surface area contributed by atoms with Crippen LogP contribution in [0.5, 0.6) is 5.75 Å². The summed E-state index contributed by atoms with van der Waals surface area (Å²) in [6.07, 6.45) is -4.54. The summed E-state index contributed by atoms with van der Waals surface area (Å²) in [4.78, 5) is 28.3. The Hall–Kier alpha value is -4.06. The molecule has 3 rings (SSSR count). The molecule has 0 radical (unpaired) electrons. The summed E-state index contributed by atoms with van der Waals surface area (Å²) < 4.78 is 74.5. The van der Waals surface area contributed by atoms with Crippen molar-refractivity contribution in [1.82, 2.24) is 10.2 Å². The number of sulfonamides is 1. The van der Waals surface area contributed by atoms with Crippen molar-refractivity contribution >= 4 is 27.5 Å². The molecule has 3 aromatic carbocycles. The Balaban J connectivity index is 2.12. The van der Waals surface area contributed by atoms with Gasteiger partial charge in [0.15, 0.2) is 0 Å². The third-order valence-electron chi connectivity index (χ3n) is 6.68. The molecule has 8 nitrogen and oxygen atoms in total. The maximum Gasteiger partial charge on any atom is 0.416 e. The minimum absolute atomic E-state index is 0.0616. The minimum Gasteiger partial charge on any atom is -0.497 e. The summed E-state index contributed by atoms with van der Waals surface area (Å²) in [5, 5.41) is 2.79. The number of hydrogen-bond acceptors (Lipinski definition) is 5. The van der Waals surface area contributed by atoms with Crippen molar-refractivity contribution in [3.05, 3.63) is 89.5 Å². The molecule has 0 aromatic heterocycles. The lowest BCUT2D eigenvalue weighted by Gasteiger charge is -2.33. The summed E-state index contributed by atoms with van der Waals surface area (Å²) in [7, 11) is -3.01. The number of ether oxygens (including phenoxy) is 1. The third kappa shape index (κ3) is 8.50. The Morgan fingerprint density at radius 3 is 2.14 bits per heavy atom. The Bertz CT molecular complexity index is 1510. The monoisotopic (exact) mass is 619 g/mol. The summed E-state index contributed by atoms with van der Waals surface area (Å²) in [5.41, 5.74) is -0.00237. The Kier molecular flexibility index (Phi) is 10.8. The van der Waals surface area contributed by atoms with Gasteiger partial charge in [0.2, 0.25) is 11.8 Å². The van der Waals surface area contributed by atoms with Gasteiger partial charge in [-0.15, -0.1) is 0 Å². The summed E-state index contributed by atoms with van der Waals surface area (Å²) in [6.45, 7) is 6.10. The highest BCUT2D eigenvalue weighted by Crippen LogP contribution is 2.33. The molecule has 0 bridgehead atoms. The molecule has 0 heterocycles. The second-order valence-corrected chi connectivity index (χ2v) is 12.2. The number of benzene rings is 3. The van der Waals surface area contributed by atoms with Crippen LogP contribution in [0, 0.1) is 6.92 Å². The predicted molar refractivity (Wildman–Crippen MR) is 158 cm³/mol. The topological polar surface area (TPSA) is 96.0 Å². The van der Waals surface area contributed by atoms with Crippen LogP contribution in [-0.4, -0.2) is 50.9 Å². The average Bonchev–Trinajstić information content (AvgIpc) is 2.95. The van der Waals surface area contributed by atoms with Gasteiger partial charge in [-0.25, -0.2) is 8.42 Å². The van der Waals surface area contributed by atoms with Gasteiger partial charge in [0, 0.05) is 12.6 Å². The largest absolute Gasteiger partial charge is 0.497 e. The molecule has 1 atom stereocenters. The molecule has 0 saturated carbocycles. The molecule has 0 aliphatic heterocycles. The fourth-order valence-electron chi connectivity index (χ4n) is 4.43. The van der Waals surface area contributed by atoms with E-state index in [9.17, 15) is 31.2 Å². The Morgan fingerprint density at radius 2 is 1.60 bits per heavy atom. The van der Waals surface area contributed by atoms with Gasteiger partial charge in [-0.2, -0.15) is 13.2 Å². The number of hydrogen-bond donors (Lipinski definition) is 1. The normalized spacial score (nSPS) is 12.5. The van der Waals surface area contributed by atoms with Crippen LogP contribution in [-0.2, 0) is 32.3 Å². The maximum atomic E-state index is 14.1. The van der Waals surface area contributed by atoms with Crippen molar-refractivity contribution in [3.8, 4) is 5.75 Å². The zero-order valence-electron chi connectivity index (χ0n) is 24.7. The second-order valence-electron chi connectivity index (χ2n) is 10.3. The van der Waals surface area contributed by atoms with E-state index in [0.717, 1.165) is 17.7 Å². The van der Waals surface area contributed by atoms with Gasteiger partial charge < -0.3 is 15.0 Å². The summed E-state index contributed by atoms with van der Waals surface area (Å²) >= 11 is 0. The molecule has 0 unspecified atom stereocenters. The summed E-state index contributed by atoms with van der Waals surface area (Å²) in [6, 6.07) is 15.1. The fraction of sp³-hybridized carbons (Fsp3) is 0.355. The number of carbonyl (C=O) groups excluding carboxylic acids is 2. The number of nitrogens with one attached hydrogen (secondary N) is 1. The van der Waals surface area contributed by atoms with Crippen LogP contribution in [0.2, 0.25) is 0 Å². The Labute approximate surface area is 250 Å². The molecule has 43 heavy (non-hydrogen) atoms. The van der Waals surface area contributed by atoms with Crippen molar-refractivity contribution in [2.24, 2.45) is 0 Å². The van der Waals surface area contributed by atoms with Crippen LogP contribution in [0.4, 0.5) is 18.9 Å². The molecule has 12 heteroatoms. The minimum atomic E-state index is -4.75. The number of amides is 2. The Morgan fingerprint density at radius 1 is 0.977 bits per heavy atom. The van der Waals surface area contributed by atoms with E-state index < -0.39 is 46.2 Å². The first-order valence-corrected chi connectivity index (χ1v) is 15.1. The van der Waals surface area contributed by atoms with E-state index in [1.807, 2.05) is 0 Å². The average molecular weight is 620 g/mol. The van der Waals surface area contributed by atoms with Crippen LogP contribution in [0.3, 0.4) is 0 Å². The van der Waals surface area contributed by atoms with E-state index in [4.69, 9.17) is 4.74 Å². The SMILES string of the molecule is CC[C@H](C(=O)NC(C)C)N(Cc1ccc(OC)cc1)C(=O)CN(c1cccc(C(F)(F)F)c1)S(=O)(=O)c1ccc(C)cc1. The van der Waals surface area contributed by atoms with Crippen molar-refractivity contribution in [3.63, 3.8) is 0 Å². The van der Waals surface area contributed by atoms with Crippen LogP contribution < -0.4 is 14.4 Å². The van der Waals surface area contributed by atoms with Crippen LogP contribution in [0.25, 0.3) is 0 Å². The lowest BCUT2D eigenvalue weighted by atomic mass is 10.1. The molecule has 0 aliphatic rings. The fourth-order valence-corrected chi connectivity index (χ4v) is 5.84. The van der Waals surface area contributed by atoms with Gasteiger partial charge in [0.1, 0.15) is 18.3 Å². The van der Waals surface area contributed by atoms with E-state index in [-0.39, 0.29) is 29.6 Å². The van der Waals surface area contributed by atoms with Gasteiger partial charge in [-0.3, -0.25) is 13.9 Å². The standard InChI is InChI=1S/C31H36F3N3O5S/c1-6-28(30(39)35-21(2)3)36(19-23-12-14-26(42-5)15-13-23)29(38)20-37(25-9-7-8-24(18-25)31(32,33)34)43(40,41)27-16-10-22(4)11-17-27/h7-18,21,28H,6,19-20H2,1-5H3,(H,35,39)/t28-/m1/s1. The van der Waals surface area contributed by atoms with Gasteiger partial charge in [0.25, 0.3) is 10.0 Å². The number of nitrogens with zero attached hydrogens (tertiary/aromatic N) is 2. The number of aryl methyl sites for hydroxylation is 1. The third-order valence-corrected chi connectivity index (χ3v) is 8.47. The van der Waals surface area contributed by atoms with E-state index >= 15 is 0 Å². The molecule has 3 aromatic rings. The van der Waals surface area contributed by atoms with Crippen molar-refractivity contribution in [2.75, 3.05) is 18.0 Å². The highest BCUT2D eigenvalue weighted by atomic mass is 32.2. The first-order valence-electron chi connectivity index (χ1n) is 13.7. The zero-order valence-corrected chi connectivity index (χ0v) is 25.5. The number of anilines is 1. The number of carbonyl (C=O) groups is 2.